The molecule has 0 saturated heterocycles. The summed E-state index contributed by atoms with van der Waals surface area (Å²) < 4.78 is 14.8. The van der Waals surface area contributed by atoms with E-state index in [1.54, 1.807) is 28.9 Å². The number of tetrazole rings is 1. The topological polar surface area (TPSA) is 69.6 Å². The van der Waals surface area contributed by atoms with Crippen LogP contribution in [0, 0.1) is 5.82 Å². The van der Waals surface area contributed by atoms with E-state index in [0.717, 1.165) is 11.1 Å². The highest BCUT2D eigenvalue weighted by molar-refractivity contribution is 6.30. The van der Waals surface area contributed by atoms with Crippen molar-refractivity contribution in [3.63, 3.8) is 0 Å². The van der Waals surface area contributed by atoms with Crippen LogP contribution in [0.4, 0.5) is 10.1 Å². The quantitative estimate of drug-likeness (QED) is 0.755. The van der Waals surface area contributed by atoms with Crippen molar-refractivity contribution in [3.8, 4) is 11.4 Å². The minimum absolute atomic E-state index is 0.0783. The van der Waals surface area contributed by atoms with Gasteiger partial charge < -0.3 is 5.73 Å². The van der Waals surface area contributed by atoms with Crippen molar-refractivity contribution in [2.24, 2.45) is 0 Å². The Hall–Kier alpha value is -2.47. The average Bonchev–Trinajstić information content (AvgIpc) is 2.92. The third kappa shape index (κ3) is 2.85. The van der Waals surface area contributed by atoms with Crippen LogP contribution in [0.5, 0.6) is 0 Å². The first-order chi connectivity index (χ1) is 10.1. The van der Waals surface area contributed by atoms with Crippen LogP contribution < -0.4 is 5.73 Å². The molecule has 0 radical (unpaired) electrons. The molecule has 106 valence electrons. The van der Waals surface area contributed by atoms with Gasteiger partial charge in [0.1, 0.15) is 5.82 Å². The molecule has 0 amide bonds. The molecule has 0 aliphatic rings. The van der Waals surface area contributed by atoms with E-state index in [-0.39, 0.29) is 5.02 Å². The largest absolute Gasteiger partial charge is 0.399 e. The molecule has 0 fully saturated rings. The van der Waals surface area contributed by atoms with Gasteiger partial charge in [0.15, 0.2) is 5.82 Å². The number of hydrogen-bond acceptors (Lipinski definition) is 4. The van der Waals surface area contributed by atoms with Gasteiger partial charge in [0.2, 0.25) is 0 Å². The van der Waals surface area contributed by atoms with Gasteiger partial charge in [0.05, 0.1) is 11.6 Å². The lowest BCUT2D eigenvalue weighted by Gasteiger charge is -2.06. The number of nitrogens with two attached hydrogens (primary N) is 1. The minimum Gasteiger partial charge on any atom is -0.399 e. The zero-order chi connectivity index (χ0) is 14.8. The molecule has 0 aliphatic heterocycles. The standard InChI is InChI=1S/C14H11ClFN5/c15-12-7-9(1-6-13(12)16)8-21-14(18-19-20-21)10-2-4-11(17)5-3-10/h1-7H,8,17H2. The average molecular weight is 304 g/mol. The normalized spacial score (nSPS) is 10.8. The number of aromatic nitrogens is 4. The van der Waals surface area contributed by atoms with Crippen LogP contribution in [-0.4, -0.2) is 20.2 Å². The Morgan fingerprint density at radius 1 is 1.14 bits per heavy atom. The predicted octanol–water partition coefficient (Wildman–Crippen LogP) is 2.76. The van der Waals surface area contributed by atoms with Crippen LogP contribution in [-0.2, 0) is 6.54 Å². The Morgan fingerprint density at radius 3 is 2.62 bits per heavy atom. The van der Waals surface area contributed by atoms with Crippen molar-refractivity contribution in [1.82, 2.24) is 20.2 Å². The molecule has 21 heavy (non-hydrogen) atoms. The van der Waals surface area contributed by atoms with Crippen molar-refractivity contribution < 1.29 is 4.39 Å². The molecule has 3 aromatic rings. The SMILES string of the molecule is Nc1ccc(-c2nnnn2Cc2ccc(F)c(Cl)c2)cc1. The van der Waals surface area contributed by atoms with Crippen molar-refractivity contribution in [3.05, 3.63) is 58.9 Å². The van der Waals surface area contributed by atoms with Gasteiger partial charge in [-0.1, -0.05) is 17.7 Å². The van der Waals surface area contributed by atoms with Gasteiger partial charge in [-0.25, -0.2) is 9.07 Å². The Kier molecular flexibility index (Phi) is 3.53. The van der Waals surface area contributed by atoms with E-state index in [0.29, 0.717) is 18.1 Å². The minimum atomic E-state index is -0.448. The Balaban J connectivity index is 1.92. The summed E-state index contributed by atoms with van der Waals surface area (Å²) in [6.45, 7) is 0.396. The number of benzene rings is 2. The van der Waals surface area contributed by atoms with Gasteiger partial charge in [0.25, 0.3) is 0 Å². The zero-order valence-electron chi connectivity index (χ0n) is 10.9. The molecule has 2 aromatic carbocycles. The fourth-order valence-electron chi connectivity index (χ4n) is 1.96. The molecule has 0 unspecified atom stereocenters. The van der Waals surface area contributed by atoms with Crippen LogP contribution >= 0.6 is 11.6 Å². The van der Waals surface area contributed by atoms with E-state index >= 15 is 0 Å². The summed E-state index contributed by atoms with van der Waals surface area (Å²) in [5.74, 6) is 0.159. The summed E-state index contributed by atoms with van der Waals surface area (Å²) >= 11 is 5.78. The number of halogens is 2. The summed E-state index contributed by atoms with van der Waals surface area (Å²) in [7, 11) is 0. The molecule has 0 bridgehead atoms. The second-order valence-electron chi connectivity index (χ2n) is 4.53. The van der Waals surface area contributed by atoms with Crippen molar-refractivity contribution in [2.75, 3.05) is 5.73 Å². The highest BCUT2D eigenvalue weighted by Gasteiger charge is 2.10. The lowest BCUT2D eigenvalue weighted by atomic mass is 10.2. The third-order valence-electron chi connectivity index (χ3n) is 3.02. The van der Waals surface area contributed by atoms with Crippen LogP contribution in [0.1, 0.15) is 5.56 Å². The Bertz CT molecular complexity index is 769. The maximum Gasteiger partial charge on any atom is 0.182 e. The van der Waals surface area contributed by atoms with Crippen LogP contribution in [0.3, 0.4) is 0 Å². The lowest BCUT2D eigenvalue weighted by Crippen LogP contribution is -2.04. The second kappa shape index (κ2) is 5.49. The molecule has 2 N–H and O–H groups in total. The van der Waals surface area contributed by atoms with Gasteiger partial charge in [-0.05, 0) is 52.4 Å². The first-order valence-corrected chi connectivity index (χ1v) is 6.57. The number of hydrogen-bond donors (Lipinski definition) is 1. The fourth-order valence-corrected chi connectivity index (χ4v) is 2.16. The number of nitrogens with zero attached hydrogens (tertiary/aromatic N) is 4. The zero-order valence-corrected chi connectivity index (χ0v) is 11.6. The maximum atomic E-state index is 13.2. The molecular weight excluding hydrogens is 293 g/mol. The van der Waals surface area contributed by atoms with E-state index < -0.39 is 5.82 Å². The molecule has 1 aromatic heterocycles. The summed E-state index contributed by atoms with van der Waals surface area (Å²) in [4.78, 5) is 0. The number of nitrogen functional groups attached to an aromatic ring is 1. The number of anilines is 1. The van der Waals surface area contributed by atoms with E-state index in [1.807, 2.05) is 12.1 Å². The molecule has 1 heterocycles. The molecule has 0 atom stereocenters. The Labute approximate surface area is 125 Å². The van der Waals surface area contributed by atoms with Crippen LogP contribution in [0.2, 0.25) is 5.02 Å². The highest BCUT2D eigenvalue weighted by Crippen LogP contribution is 2.20. The van der Waals surface area contributed by atoms with Crippen LogP contribution in [0.15, 0.2) is 42.5 Å². The smallest absolute Gasteiger partial charge is 0.182 e. The summed E-state index contributed by atoms with van der Waals surface area (Å²) in [5, 5.41) is 11.7. The highest BCUT2D eigenvalue weighted by atomic mass is 35.5. The molecule has 5 nitrogen and oxygen atoms in total. The van der Waals surface area contributed by atoms with Gasteiger partial charge in [-0.3, -0.25) is 0 Å². The van der Waals surface area contributed by atoms with E-state index in [9.17, 15) is 4.39 Å². The first kappa shape index (κ1) is 13.5. The maximum absolute atomic E-state index is 13.2. The van der Waals surface area contributed by atoms with Gasteiger partial charge in [-0.2, -0.15) is 0 Å². The van der Waals surface area contributed by atoms with Crippen molar-refractivity contribution in [2.45, 2.75) is 6.54 Å². The Morgan fingerprint density at radius 2 is 1.90 bits per heavy atom. The van der Waals surface area contributed by atoms with Gasteiger partial charge >= 0.3 is 0 Å². The van der Waals surface area contributed by atoms with E-state index in [2.05, 4.69) is 15.5 Å². The first-order valence-electron chi connectivity index (χ1n) is 6.19. The molecule has 0 aliphatic carbocycles. The fraction of sp³-hybridized carbons (Fsp3) is 0.0714. The van der Waals surface area contributed by atoms with Gasteiger partial charge in [0, 0.05) is 11.3 Å². The second-order valence-corrected chi connectivity index (χ2v) is 4.94. The van der Waals surface area contributed by atoms with Gasteiger partial charge in [-0.15, -0.1) is 5.10 Å². The third-order valence-corrected chi connectivity index (χ3v) is 3.31. The lowest BCUT2D eigenvalue weighted by molar-refractivity contribution is 0.622. The summed E-state index contributed by atoms with van der Waals surface area (Å²) in [5.41, 5.74) is 7.99. The molecule has 0 spiro atoms. The summed E-state index contributed by atoms with van der Waals surface area (Å²) in [6.07, 6.45) is 0. The van der Waals surface area contributed by atoms with Crippen LogP contribution in [0.25, 0.3) is 11.4 Å². The molecular formula is C14H11ClFN5. The molecule has 7 heteroatoms. The monoisotopic (exact) mass is 303 g/mol. The molecule has 3 rings (SSSR count). The number of rotatable bonds is 3. The van der Waals surface area contributed by atoms with E-state index in [1.165, 1.54) is 6.07 Å². The molecule has 0 saturated carbocycles. The van der Waals surface area contributed by atoms with Crippen molar-refractivity contribution >= 4 is 17.3 Å². The summed E-state index contributed by atoms with van der Waals surface area (Å²) in [6, 6.07) is 11.8. The van der Waals surface area contributed by atoms with E-state index in [4.69, 9.17) is 17.3 Å². The predicted molar refractivity (Wildman–Crippen MR) is 78.2 cm³/mol. The van der Waals surface area contributed by atoms with Crippen molar-refractivity contribution in [1.29, 1.82) is 0 Å².